The number of carbonyl (C=O) groups is 1. The molecule has 0 radical (unpaired) electrons. The van der Waals surface area contributed by atoms with Crippen molar-refractivity contribution < 1.29 is 4.79 Å². The molecule has 0 unspecified atom stereocenters. The van der Waals surface area contributed by atoms with Gasteiger partial charge >= 0.3 is 0 Å². The zero-order valence-electron chi connectivity index (χ0n) is 10.7. The zero-order valence-corrected chi connectivity index (χ0v) is 10.7. The van der Waals surface area contributed by atoms with Gasteiger partial charge in [-0.2, -0.15) is 0 Å². The minimum absolute atomic E-state index is 0.0703. The Morgan fingerprint density at radius 3 is 2.60 bits per heavy atom. The summed E-state index contributed by atoms with van der Waals surface area (Å²) in [7, 11) is 0. The molecule has 0 amide bonds. The van der Waals surface area contributed by atoms with Crippen molar-refractivity contribution in [1.82, 2.24) is 0 Å². The van der Waals surface area contributed by atoms with Gasteiger partial charge in [-0.05, 0) is 28.3 Å². The molecule has 0 N–H and O–H groups in total. The van der Waals surface area contributed by atoms with Crippen LogP contribution in [0.1, 0.15) is 21.5 Å². The Bertz CT molecular complexity index is 771. The Morgan fingerprint density at radius 1 is 1.05 bits per heavy atom. The number of nitrogens with zero attached hydrogens (tertiary/aromatic N) is 3. The molecule has 4 heteroatoms. The van der Waals surface area contributed by atoms with Gasteiger partial charge in [0, 0.05) is 22.6 Å². The van der Waals surface area contributed by atoms with Gasteiger partial charge in [-0.15, -0.1) is 0 Å². The summed E-state index contributed by atoms with van der Waals surface area (Å²) in [4.78, 5) is 15.0. The van der Waals surface area contributed by atoms with Crippen molar-refractivity contribution in [3.8, 4) is 11.1 Å². The van der Waals surface area contributed by atoms with Gasteiger partial charge in [0.05, 0.1) is 0 Å². The van der Waals surface area contributed by atoms with Crippen molar-refractivity contribution in [2.45, 2.75) is 0 Å². The topological polar surface area (TPSA) is 65.8 Å². The fourth-order valence-electron chi connectivity index (χ4n) is 2.42. The second-order valence-electron chi connectivity index (χ2n) is 4.50. The molecule has 0 atom stereocenters. The minimum atomic E-state index is 0.0703. The molecule has 2 aromatic carbocycles. The molecular weight excluding hydrogens is 250 g/mol. The number of hydrogen-bond donors (Lipinski definition) is 0. The fourth-order valence-corrected chi connectivity index (χ4v) is 2.42. The van der Waals surface area contributed by atoms with E-state index in [0.29, 0.717) is 6.54 Å². The van der Waals surface area contributed by atoms with E-state index in [-0.39, 0.29) is 5.78 Å². The van der Waals surface area contributed by atoms with E-state index >= 15 is 0 Å². The Hall–Kier alpha value is -2.84. The monoisotopic (exact) mass is 261 g/mol. The van der Waals surface area contributed by atoms with Crippen molar-refractivity contribution in [2.24, 2.45) is 5.11 Å². The van der Waals surface area contributed by atoms with E-state index in [2.05, 4.69) is 10.0 Å². The maximum Gasteiger partial charge on any atom is 0.194 e. The molecule has 0 bridgehead atoms. The standard InChI is InChI=1S/C16H11N3O/c17-19-18-9-3-4-11-7-8-13-12-5-1-2-6-14(12)16(20)15(13)10-11/h1-8,10H,9H2. The summed E-state index contributed by atoms with van der Waals surface area (Å²) in [5.41, 5.74) is 12.6. The predicted molar refractivity (Wildman–Crippen MR) is 78.4 cm³/mol. The molecule has 96 valence electrons. The van der Waals surface area contributed by atoms with Gasteiger partial charge in [0.25, 0.3) is 0 Å². The van der Waals surface area contributed by atoms with E-state index in [9.17, 15) is 4.79 Å². The van der Waals surface area contributed by atoms with Crippen LogP contribution in [0, 0.1) is 0 Å². The third kappa shape index (κ3) is 1.98. The smallest absolute Gasteiger partial charge is 0.194 e. The molecule has 20 heavy (non-hydrogen) atoms. The SMILES string of the molecule is [N-]=[N+]=NCC=Cc1ccc2c(c1)C(=O)c1ccccc1-2. The van der Waals surface area contributed by atoms with Gasteiger partial charge in [-0.25, -0.2) is 0 Å². The summed E-state index contributed by atoms with van der Waals surface area (Å²) < 4.78 is 0. The summed E-state index contributed by atoms with van der Waals surface area (Å²) in [6, 6.07) is 13.4. The Morgan fingerprint density at radius 2 is 1.80 bits per heavy atom. The molecular formula is C16H11N3O. The van der Waals surface area contributed by atoms with Crippen molar-refractivity contribution in [3.05, 3.63) is 75.7 Å². The van der Waals surface area contributed by atoms with E-state index in [0.717, 1.165) is 27.8 Å². The van der Waals surface area contributed by atoms with Crippen molar-refractivity contribution in [3.63, 3.8) is 0 Å². The molecule has 0 fully saturated rings. The first kappa shape index (κ1) is 12.2. The molecule has 1 aliphatic carbocycles. The van der Waals surface area contributed by atoms with Crippen LogP contribution in [-0.2, 0) is 0 Å². The van der Waals surface area contributed by atoms with E-state index < -0.39 is 0 Å². The average molecular weight is 261 g/mol. The summed E-state index contributed by atoms with van der Waals surface area (Å²) >= 11 is 0. The highest BCUT2D eigenvalue weighted by atomic mass is 16.1. The van der Waals surface area contributed by atoms with E-state index in [1.807, 2.05) is 48.5 Å². The molecule has 0 saturated carbocycles. The lowest BCUT2D eigenvalue weighted by Crippen LogP contribution is -1.94. The van der Waals surface area contributed by atoms with Crippen LogP contribution in [0.15, 0.2) is 53.7 Å². The first-order valence-corrected chi connectivity index (χ1v) is 6.27. The third-order valence-electron chi connectivity index (χ3n) is 3.31. The zero-order chi connectivity index (χ0) is 13.9. The summed E-state index contributed by atoms with van der Waals surface area (Å²) in [6.07, 6.45) is 3.62. The normalized spacial score (nSPS) is 12.1. The van der Waals surface area contributed by atoms with Gasteiger partial charge < -0.3 is 0 Å². The number of fused-ring (bicyclic) bond motifs is 3. The van der Waals surface area contributed by atoms with Crippen molar-refractivity contribution >= 4 is 11.9 Å². The molecule has 0 spiro atoms. The van der Waals surface area contributed by atoms with Gasteiger partial charge in [0.2, 0.25) is 0 Å². The molecule has 0 aromatic heterocycles. The largest absolute Gasteiger partial charge is 0.289 e. The first-order chi connectivity index (χ1) is 9.81. The second kappa shape index (κ2) is 5.03. The number of azide groups is 1. The number of rotatable bonds is 3. The van der Waals surface area contributed by atoms with Crippen LogP contribution >= 0.6 is 0 Å². The van der Waals surface area contributed by atoms with E-state index in [4.69, 9.17) is 5.53 Å². The lowest BCUT2D eigenvalue weighted by Gasteiger charge is -2.00. The van der Waals surface area contributed by atoms with Crippen molar-refractivity contribution in [1.29, 1.82) is 0 Å². The minimum Gasteiger partial charge on any atom is -0.289 e. The highest BCUT2D eigenvalue weighted by Gasteiger charge is 2.25. The predicted octanol–water partition coefficient (Wildman–Crippen LogP) is 4.22. The molecule has 0 saturated heterocycles. The average Bonchev–Trinajstić information content (AvgIpc) is 2.77. The molecule has 0 aliphatic heterocycles. The maximum absolute atomic E-state index is 12.3. The molecule has 1 aliphatic rings. The lowest BCUT2D eigenvalue weighted by atomic mass is 10.0. The fraction of sp³-hybridized carbons (Fsp3) is 0.0625. The van der Waals surface area contributed by atoms with Gasteiger partial charge in [0.1, 0.15) is 0 Å². The maximum atomic E-state index is 12.3. The number of carbonyl (C=O) groups excluding carboxylic acids is 1. The van der Waals surface area contributed by atoms with Gasteiger partial charge in [-0.3, -0.25) is 4.79 Å². The number of benzene rings is 2. The Kier molecular flexibility index (Phi) is 3.07. The summed E-state index contributed by atoms with van der Waals surface area (Å²) in [6.45, 7) is 0.307. The van der Waals surface area contributed by atoms with Crippen LogP contribution in [0.25, 0.3) is 27.6 Å². The number of ketones is 1. The van der Waals surface area contributed by atoms with E-state index in [1.54, 1.807) is 6.08 Å². The molecule has 2 aromatic rings. The molecule has 0 heterocycles. The van der Waals surface area contributed by atoms with Crippen LogP contribution < -0.4 is 0 Å². The lowest BCUT2D eigenvalue weighted by molar-refractivity contribution is 0.104. The van der Waals surface area contributed by atoms with Crippen molar-refractivity contribution in [2.75, 3.05) is 6.54 Å². The first-order valence-electron chi connectivity index (χ1n) is 6.27. The van der Waals surface area contributed by atoms with Gasteiger partial charge in [-0.1, -0.05) is 53.7 Å². The summed E-state index contributed by atoms with van der Waals surface area (Å²) in [5, 5.41) is 3.43. The van der Waals surface area contributed by atoms with Crippen LogP contribution in [0.2, 0.25) is 0 Å². The Balaban J connectivity index is 1.98. The summed E-state index contributed by atoms with van der Waals surface area (Å²) in [5.74, 6) is 0.0703. The molecule has 3 rings (SSSR count). The quantitative estimate of drug-likeness (QED) is 0.395. The highest BCUT2D eigenvalue weighted by Crippen LogP contribution is 2.36. The second-order valence-corrected chi connectivity index (χ2v) is 4.50. The van der Waals surface area contributed by atoms with Gasteiger partial charge in [0.15, 0.2) is 5.78 Å². The third-order valence-corrected chi connectivity index (χ3v) is 3.31. The van der Waals surface area contributed by atoms with Crippen LogP contribution in [0.5, 0.6) is 0 Å². The highest BCUT2D eigenvalue weighted by molar-refractivity contribution is 6.21. The van der Waals surface area contributed by atoms with Crippen LogP contribution in [-0.4, -0.2) is 12.3 Å². The van der Waals surface area contributed by atoms with E-state index in [1.165, 1.54) is 0 Å². The Labute approximate surface area is 116 Å². The number of hydrogen-bond acceptors (Lipinski definition) is 2. The van der Waals surface area contributed by atoms with Crippen LogP contribution in [0.4, 0.5) is 0 Å². The van der Waals surface area contributed by atoms with Crippen LogP contribution in [0.3, 0.4) is 0 Å². The molecule has 4 nitrogen and oxygen atoms in total.